The summed E-state index contributed by atoms with van der Waals surface area (Å²) in [6.45, 7) is 4.65. The van der Waals surface area contributed by atoms with Gasteiger partial charge in [0.1, 0.15) is 0 Å². The third-order valence-electron chi connectivity index (χ3n) is 4.46. The van der Waals surface area contributed by atoms with Crippen LogP contribution in [0.15, 0.2) is 54.6 Å². The van der Waals surface area contributed by atoms with Crippen LogP contribution in [-0.2, 0) is 0 Å². The van der Waals surface area contributed by atoms with Crippen LogP contribution in [0, 0.1) is 5.41 Å². The molecule has 0 heterocycles. The molecule has 1 unspecified atom stereocenters. The fraction of sp³-hybridized carbons (Fsp3) is 0.333. The first-order chi connectivity index (χ1) is 9.17. The highest BCUT2D eigenvalue weighted by atomic mass is 14.9. The van der Waals surface area contributed by atoms with E-state index in [1.165, 1.54) is 29.7 Å². The largest absolute Gasteiger partial charge is 0.382 e. The highest BCUT2D eigenvalue weighted by molar-refractivity contribution is 5.66. The third kappa shape index (κ3) is 2.65. The van der Waals surface area contributed by atoms with Crippen LogP contribution in [0.1, 0.15) is 26.7 Å². The van der Waals surface area contributed by atoms with Gasteiger partial charge in [-0.2, -0.15) is 0 Å². The van der Waals surface area contributed by atoms with Crippen molar-refractivity contribution in [2.45, 2.75) is 32.7 Å². The fourth-order valence-electron chi connectivity index (χ4n) is 2.44. The number of nitrogens with one attached hydrogen (secondary N) is 1. The van der Waals surface area contributed by atoms with Crippen molar-refractivity contribution < 1.29 is 0 Å². The van der Waals surface area contributed by atoms with E-state index in [1.54, 1.807) is 0 Å². The standard InChI is InChI=1S/C18H21N/c1-14(18(2)12-13-18)19-17-10-8-16(9-11-17)15-6-4-3-5-7-15/h3-11,14,19H,12-13H2,1-2H3. The topological polar surface area (TPSA) is 12.0 Å². The summed E-state index contributed by atoms with van der Waals surface area (Å²) in [6, 6.07) is 19.8. The SMILES string of the molecule is CC(Nc1ccc(-c2ccccc2)cc1)C1(C)CC1. The van der Waals surface area contributed by atoms with Crippen LogP contribution in [-0.4, -0.2) is 6.04 Å². The summed E-state index contributed by atoms with van der Waals surface area (Å²) in [5.41, 5.74) is 4.28. The smallest absolute Gasteiger partial charge is 0.0342 e. The zero-order valence-corrected chi connectivity index (χ0v) is 11.7. The molecule has 3 rings (SSSR count). The van der Waals surface area contributed by atoms with Crippen LogP contribution < -0.4 is 5.32 Å². The molecule has 2 aromatic carbocycles. The lowest BCUT2D eigenvalue weighted by atomic mass is 10.00. The maximum absolute atomic E-state index is 3.62. The molecule has 0 aliphatic heterocycles. The molecule has 0 aromatic heterocycles. The van der Waals surface area contributed by atoms with E-state index in [4.69, 9.17) is 0 Å². The van der Waals surface area contributed by atoms with Gasteiger partial charge in [0.15, 0.2) is 0 Å². The first-order valence-corrected chi connectivity index (χ1v) is 7.09. The number of anilines is 1. The minimum Gasteiger partial charge on any atom is -0.382 e. The third-order valence-corrected chi connectivity index (χ3v) is 4.46. The monoisotopic (exact) mass is 251 g/mol. The Morgan fingerprint density at radius 3 is 2.05 bits per heavy atom. The maximum atomic E-state index is 3.62. The Morgan fingerprint density at radius 2 is 1.47 bits per heavy atom. The molecule has 1 heteroatoms. The first kappa shape index (κ1) is 12.3. The average molecular weight is 251 g/mol. The van der Waals surface area contributed by atoms with Gasteiger partial charge in [0, 0.05) is 11.7 Å². The zero-order chi connectivity index (χ0) is 13.3. The maximum Gasteiger partial charge on any atom is 0.0342 e. The summed E-state index contributed by atoms with van der Waals surface area (Å²) in [5, 5.41) is 3.62. The van der Waals surface area contributed by atoms with Gasteiger partial charge >= 0.3 is 0 Å². The van der Waals surface area contributed by atoms with Crippen molar-refractivity contribution in [3.8, 4) is 11.1 Å². The van der Waals surface area contributed by atoms with Gasteiger partial charge in [-0.25, -0.2) is 0 Å². The molecule has 2 aromatic rings. The van der Waals surface area contributed by atoms with Gasteiger partial charge in [-0.15, -0.1) is 0 Å². The normalized spacial score (nSPS) is 17.8. The first-order valence-electron chi connectivity index (χ1n) is 7.09. The Hall–Kier alpha value is -1.76. The molecule has 0 bridgehead atoms. The van der Waals surface area contributed by atoms with Crippen LogP contribution in [0.2, 0.25) is 0 Å². The average Bonchev–Trinajstić information content (AvgIpc) is 3.20. The minimum atomic E-state index is 0.512. The second-order valence-electron chi connectivity index (χ2n) is 5.96. The molecule has 0 saturated heterocycles. The summed E-state index contributed by atoms with van der Waals surface area (Å²) in [4.78, 5) is 0. The van der Waals surface area contributed by atoms with Crippen LogP contribution in [0.5, 0.6) is 0 Å². The lowest BCUT2D eigenvalue weighted by molar-refractivity contribution is 0.493. The lowest BCUT2D eigenvalue weighted by Gasteiger charge is -2.21. The number of rotatable bonds is 4. The Kier molecular flexibility index (Phi) is 3.06. The molecule has 19 heavy (non-hydrogen) atoms. The Bertz CT molecular complexity index is 538. The van der Waals surface area contributed by atoms with Crippen molar-refractivity contribution in [3.63, 3.8) is 0 Å². The van der Waals surface area contributed by atoms with E-state index in [9.17, 15) is 0 Å². The quantitative estimate of drug-likeness (QED) is 0.810. The number of hydrogen-bond acceptors (Lipinski definition) is 1. The van der Waals surface area contributed by atoms with E-state index >= 15 is 0 Å². The van der Waals surface area contributed by atoms with Crippen LogP contribution in [0.3, 0.4) is 0 Å². The minimum absolute atomic E-state index is 0.512. The molecule has 98 valence electrons. The van der Waals surface area contributed by atoms with E-state index in [1.807, 2.05) is 0 Å². The molecular formula is C18H21N. The fourth-order valence-corrected chi connectivity index (χ4v) is 2.44. The van der Waals surface area contributed by atoms with E-state index in [-0.39, 0.29) is 0 Å². The number of benzene rings is 2. The summed E-state index contributed by atoms with van der Waals surface area (Å²) in [7, 11) is 0. The van der Waals surface area contributed by atoms with Crippen molar-refractivity contribution in [3.05, 3.63) is 54.6 Å². The molecule has 1 aliphatic carbocycles. The van der Waals surface area contributed by atoms with E-state index in [0.717, 1.165) is 0 Å². The van der Waals surface area contributed by atoms with Crippen LogP contribution >= 0.6 is 0 Å². The van der Waals surface area contributed by atoms with Gasteiger partial charge < -0.3 is 5.32 Å². The van der Waals surface area contributed by atoms with Gasteiger partial charge in [-0.1, -0.05) is 49.4 Å². The van der Waals surface area contributed by atoms with Gasteiger partial charge in [-0.05, 0) is 48.4 Å². The van der Waals surface area contributed by atoms with E-state index in [2.05, 4.69) is 73.8 Å². The summed E-state index contributed by atoms with van der Waals surface area (Å²) >= 11 is 0. The lowest BCUT2D eigenvalue weighted by Crippen LogP contribution is -2.24. The van der Waals surface area contributed by atoms with Gasteiger partial charge in [-0.3, -0.25) is 0 Å². The molecule has 1 saturated carbocycles. The molecular weight excluding hydrogens is 230 g/mol. The molecule has 1 nitrogen and oxygen atoms in total. The van der Waals surface area contributed by atoms with Crippen molar-refractivity contribution in [1.82, 2.24) is 0 Å². The Morgan fingerprint density at radius 1 is 0.895 bits per heavy atom. The summed E-state index contributed by atoms with van der Waals surface area (Å²) in [5.74, 6) is 0. The van der Waals surface area contributed by atoms with Crippen LogP contribution in [0.4, 0.5) is 5.69 Å². The van der Waals surface area contributed by atoms with Gasteiger partial charge in [0.2, 0.25) is 0 Å². The Balaban J connectivity index is 1.72. The van der Waals surface area contributed by atoms with Crippen molar-refractivity contribution in [2.75, 3.05) is 5.32 Å². The summed E-state index contributed by atoms with van der Waals surface area (Å²) < 4.78 is 0. The summed E-state index contributed by atoms with van der Waals surface area (Å²) in [6.07, 6.45) is 2.70. The highest BCUT2D eigenvalue weighted by Gasteiger charge is 2.42. The van der Waals surface area contributed by atoms with Gasteiger partial charge in [0.05, 0.1) is 0 Å². The second-order valence-corrected chi connectivity index (χ2v) is 5.96. The van der Waals surface area contributed by atoms with E-state index < -0.39 is 0 Å². The van der Waals surface area contributed by atoms with E-state index in [0.29, 0.717) is 11.5 Å². The molecule has 0 radical (unpaired) electrons. The molecule has 1 atom stereocenters. The molecule has 1 fully saturated rings. The van der Waals surface area contributed by atoms with Crippen molar-refractivity contribution in [1.29, 1.82) is 0 Å². The van der Waals surface area contributed by atoms with Gasteiger partial charge in [0.25, 0.3) is 0 Å². The molecule has 1 N–H and O–H groups in total. The molecule has 1 aliphatic rings. The Labute approximate surface area is 115 Å². The molecule has 0 spiro atoms. The number of hydrogen-bond donors (Lipinski definition) is 1. The predicted octanol–water partition coefficient (Wildman–Crippen LogP) is 4.95. The zero-order valence-electron chi connectivity index (χ0n) is 11.7. The van der Waals surface area contributed by atoms with Crippen molar-refractivity contribution >= 4 is 5.69 Å². The van der Waals surface area contributed by atoms with Crippen molar-refractivity contribution in [2.24, 2.45) is 5.41 Å². The predicted molar refractivity (Wildman–Crippen MR) is 82.3 cm³/mol. The molecule has 0 amide bonds. The second kappa shape index (κ2) is 4.73. The highest BCUT2D eigenvalue weighted by Crippen LogP contribution is 2.48. The van der Waals surface area contributed by atoms with Crippen LogP contribution in [0.25, 0.3) is 11.1 Å².